The van der Waals surface area contributed by atoms with E-state index in [1.165, 1.54) is 0 Å². The Kier molecular flexibility index (Phi) is 4.06. The van der Waals surface area contributed by atoms with Gasteiger partial charge in [0.05, 0.1) is 22.0 Å². The Balaban J connectivity index is 2.06. The summed E-state index contributed by atoms with van der Waals surface area (Å²) in [4.78, 5) is 18.0. The largest absolute Gasteiger partial charge is 0.396 e. The quantitative estimate of drug-likeness (QED) is 0.893. The monoisotopic (exact) mass is 312 g/mol. The lowest BCUT2D eigenvalue weighted by molar-refractivity contribution is -0.130. The van der Waals surface area contributed by atoms with Crippen molar-refractivity contribution in [2.45, 2.75) is 25.8 Å². The maximum Gasteiger partial charge on any atom is 0.244 e. The molecule has 2 rings (SSSR count). The Morgan fingerprint density at radius 3 is 2.78 bits per heavy atom. The van der Waals surface area contributed by atoms with Crippen LogP contribution in [-0.2, 0) is 4.79 Å². The number of nitrogen functional groups attached to an aromatic ring is 1. The Morgan fingerprint density at radius 2 is 2.17 bits per heavy atom. The zero-order valence-electron chi connectivity index (χ0n) is 10.3. The van der Waals surface area contributed by atoms with E-state index in [4.69, 9.17) is 5.73 Å². The predicted molar refractivity (Wildman–Crippen MR) is 75.2 cm³/mol. The standard InChI is InChI=1S/C12H17BrN4O/c1-8(12(18)17-4-2-3-5-17)16-11-9(13)6-15-7-10(11)14/h6-8H,2-5,14H2,1H3,(H,15,16). The molecule has 18 heavy (non-hydrogen) atoms. The first-order valence-corrected chi connectivity index (χ1v) is 6.83. The summed E-state index contributed by atoms with van der Waals surface area (Å²) in [5.41, 5.74) is 7.10. The van der Waals surface area contributed by atoms with Crippen molar-refractivity contribution >= 4 is 33.2 Å². The molecule has 0 saturated carbocycles. The Morgan fingerprint density at radius 1 is 1.50 bits per heavy atom. The number of rotatable bonds is 3. The molecule has 1 saturated heterocycles. The molecule has 1 fully saturated rings. The molecule has 0 spiro atoms. The summed E-state index contributed by atoms with van der Waals surface area (Å²) in [7, 11) is 0. The third-order valence-electron chi connectivity index (χ3n) is 3.08. The molecule has 6 heteroatoms. The Labute approximate surface area is 115 Å². The van der Waals surface area contributed by atoms with Gasteiger partial charge >= 0.3 is 0 Å². The zero-order chi connectivity index (χ0) is 13.1. The molecule has 1 aromatic rings. The zero-order valence-corrected chi connectivity index (χ0v) is 11.9. The van der Waals surface area contributed by atoms with Crippen molar-refractivity contribution in [3.05, 3.63) is 16.9 Å². The van der Waals surface area contributed by atoms with Gasteiger partial charge in [-0.25, -0.2) is 0 Å². The van der Waals surface area contributed by atoms with Crippen molar-refractivity contribution < 1.29 is 4.79 Å². The summed E-state index contributed by atoms with van der Waals surface area (Å²) >= 11 is 3.38. The molecule has 1 aromatic heterocycles. The van der Waals surface area contributed by atoms with Gasteiger partial charge < -0.3 is 16.0 Å². The molecule has 5 nitrogen and oxygen atoms in total. The molecule has 0 aromatic carbocycles. The van der Waals surface area contributed by atoms with Crippen LogP contribution in [0.15, 0.2) is 16.9 Å². The number of aromatic nitrogens is 1. The summed E-state index contributed by atoms with van der Waals surface area (Å²) in [5, 5.41) is 3.15. The van der Waals surface area contributed by atoms with Crippen molar-refractivity contribution in [3.8, 4) is 0 Å². The first kappa shape index (κ1) is 13.1. The van der Waals surface area contributed by atoms with Crippen LogP contribution in [0.2, 0.25) is 0 Å². The average molecular weight is 313 g/mol. The fraction of sp³-hybridized carbons (Fsp3) is 0.500. The highest BCUT2D eigenvalue weighted by Crippen LogP contribution is 2.28. The molecule has 1 unspecified atom stereocenters. The van der Waals surface area contributed by atoms with Crippen LogP contribution < -0.4 is 11.1 Å². The maximum absolute atomic E-state index is 12.2. The van der Waals surface area contributed by atoms with Gasteiger partial charge in [-0.3, -0.25) is 9.78 Å². The molecule has 2 heterocycles. The van der Waals surface area contributed by atoms with E-state index >= 15 is 0 Å². The minimum Gasteiger partial charge on any atom is -0.396 e. The van der Waals surface area contributed by atoms with Crippen LogP contribution in [0.4, 0.5) is 11.4 Å². The SMILES string of the molecule is CC(Nc1c(N)cncc1Br)C(=O)N1CCCC1. The molecule has 1 aliphatic rings. The number of nitrogens with zero attached hydrogens (tertiary/aromatic N) is 2. The van der Waals surface area contributed by atoms with Crippen LogP contribution in [0.25, 0.3) is 0 Å². The molecular formula is C12H17BrN4O. The highest BCUT2D eigenvalue weighted by molar-refractivity contribution is 9.10. The molecular weight excluding hydrogens is 296 g/mol. The van der Waals surface area contributed by atoms with E-state index in [0.29, 0.717) is 5.69 Å². The lowest BCUT2D eigenvalue weighted by Crippen LogP contribution is -2.39. The van der Waals surface area contributed by atoms with E-state index in [1.807, 2.05) is 11.8 Å². The molecule has 0 bridgehead atoms. The van der Waals surface area contributed by atoms with Gasteiger partial charge in [0, 0.05) is 19.3 Å². The molecule has 1 aliphatic heterocycles. The van der Waals surface area contributed by atoms with Crippen molar-refractivity contribution in [2.24, 2.45) is 0 Å². The van der Waals surface area contributed by atoms with Crippen LogP contribution in [0, 0.1) is 0 Å². The van der Waals surface area contributed by atoms with Crippen LogP contribution in [0.3, 0.4) is 0 Å². The normalized spacial score (nSPS) is 16.7. The minimum absolute atomic E-state index is 0.121. The number of pyridine rings is 1. The summed E-state index contributed by atoms with van der Waals surface area (Å²) in [6.45, 7) is 3.57. The third kappa shape index (κ3) is 2.75. The number of likely N-dealkylation sites (tertiary alicyclic amines) is 1. The van der Waals surface area contributed by atoms with Crippen LogP contribution in [0.5, 0.6) is 0 Å². The molecule has 0 radical (unpaired) electrons. The second-order valence-electron chi connectivity index (χ2n) is 4.48. The first-order chi connectivity index (χ1) is 8.59. The Hall–Kier alpha value is -1.30. The fourth-order valence-electron chi connectivity index (χ4n) is 2.09. The molecule has 1 atom stereocenters. The number of amides is 1. The van der Waals surface area contributed by atoms with Gasteiger partial charge in [0.15, 0.2) is 0 Å². The maximum atomic E-state index is 12.2. The van der Waals surface area contributed by atoms with Gasteiger partial charge in [0.25, 0.3) is 0 Å². The first-order valence-electron chi connectivity index (χ1n) is 6.04. The van der Waals surface area contributed by atoms with E-state index < -0.39 is 0 Å². The predicted octanol–water partition coefficient (Wildman–Crippen LogP) is 1.85. The van der Waals surface area contributed by atoms with E-state index in [-0.39, 0.29) is 11.9 Å². The summed E-state index contributed by atoms with van der Waals surface area (Å²) < 4.78 is 0.767. The highest BCUT2D eigenvalue weighted by Gasteiger charge is 2.23. The van der Waals surface area contributed by atoms with Crippen LogP contribution >= 0.6 is 15.9 Å². The van der Waals surface area contributed by atoms with Crippen molar-refractivity contribution in [3.63, 3.8) is 0 Å². The number of anilines is 2. The van der Waals surface area contributed by atoms with E-state index in [9.17, 15) is 4.79 Å². The van der Waals surface area contributed by atoms with Gasteiger partial charge in [0.2, 0.25) is 5.91 Å². The second-order valence-corrected chi connectivity index (χ2v) is 5.34. The fourth-order valence-corrected chi connectivity index (χ4v) is 2.55. The van der Waals surface area contributed by atoms with Crippen molar-refractivity contribution in [2.75, 3.05) is 24.1 Å². The van der Waals surface area contributed by atoms with E-state index in [1.54, 1.807) is 12.4 Å². The summed E-state index contributed by atoms with van der Waals surface area (Å²) in [6, 6.07) is -0.288. The van der Waals surface area contributed by atoms with Crippen molar-refractivity contribution in [1.29, 1.82) is 0 Å². The number of carbonyl (C=O) groups excluding carboxylic acids is 1. The highest BCUT2D eigenvalue weighted by atomic mass is 79.9. The summed E-state index contributed by atoms with van der Waals surface area (Å²) in [5.74, 6) is 0.121. The molecule has 0 aliphatic carbocycles. The van der Waals surface area contributed by atoms with Gasteiger partial charge in [-0.2, -0.15) is 0 Å². The third-order valence-corrected chi connectivity index (χ3v) is 3.68. The lowest BCUT2D eigenvalue weighted by Gasteiger charge is -2.22. The van der Waals surface area contributed by atoms with E-state index in [0.717, 1.165) is 36.1 Å². The Bertz CT molecular complexity index is 425. The van der Waals surface area contributed by atoms with Gasteiger partial charge in [-0.15, -0.1) is 0 Å². The average Bonchev–Trinajstić information content (AvgIpc) is 2.86. The van der Waals surface area contributed by atoms with Gasteiger partial charge in [-0.1, -0.05) is 0 Å². The minimum atomic E-state index is -0.288. The van der Waals surface area contributed by atoms with Crippen molar-refractivity contribution in [1.82, 2.24) is 9.88 Å². The van der Waals surface area contributed by atoms with E-state index in [2.05, 4.69) is 26.2 Å². The molecule has 1 amide bonds. The summed E-state index contributed by atoms with van der Waals surface area (Å²) in [6.07, 6.45) is 5.42. The number of carbonyl (C=O) groups is 1. The number of nitrogens with two attached hydrogens (primary N) is 1. The molecule has 3 N–H and O–H groups in total. The number of hydrogen-bond donors (Lipinski definition) is 2. The van der Waals surface area contributed by atoms with Crippen LogP contribution in [0.1, 0.15) is 19.8 Å². The van der Waals surface area contributed by atoms with Crippen LogP contribution in [-0.4, -0.2) is 34.9 Å². The number of hydrogen-bond acceptors (Lipinski definition) is 4. The smallest absolute Gasteiger partial charge is 0.244 e. The number of halogens is 1. The topological polar surface area (TPSA) is 71.2 Å². The number of nitrogens with one attached hydrogen (secondary N) is 1. The second kappa shape index (κ2) is 5.56. The lowest BCUT2D eigenvalue weighted by atomic mass is 10.2. The van der Waals surface area contributed by atoms with Gasteiger partial charge in [-0.05, 0) is 35.7 Å². The molecule has 98 valence electrons. The van der Waals surface area contributed by atoms with Gasteiger partial charge in [0.1, 0.15) is 6.04 Å².